The fourth-order valence-electron chi connectivity index (χ4n) is 1.48. The quantitative estimate of drug-likeness (QED) is 0.739. The van der Waals surface area contributed by atoms with Crippen molar-refractivity contribution in [2.75, 3.05) is 6.61 Å². The van der Waals surface area contributed by atoms with E-state index in [0.29, 0.717) is 5.76 Å². The van der Waals surface area contributed by atoms with Crippen LogP contribution in [-0.2, 0) is 16.0 Å². The molecule has 1 aromatic rings. The summed E-state index contributed by atoms with van der Waals surface area (Å²) in [6, 6.07) is 2.93. The average molecular weight is 256 g/mol. The summed E-state index contributed by atoms with van der Waals surface area (Å²) in [5.74, 6) is -2.31. The monoisotopic (exact) mass is 256 g/mol. The fourth-order valence-corrected chi connectivity index (χ4v) is 1.48. The molecule has 2 unspecified atom stereocenters. The van der Waals surface area contributed by atoms with E-state index in [1.807, 2.05) is 0 Å². The summed E-state index contributed by atoms with van der Waals surface area (Å²) in [5.41, 5.74) is 0. The molecule has 0 radical (unpaired) electrons. The molecular weight excluding hydrogens is 240 g/mol. The Labute approximate surface area is 104 Å². The summed E-state index contributed by atoms with van der Waals surface area (Å²) >= 11 is 0. The first-order chi connectivity index (χ1) is 8.45. The summed E-state index contributed by atoms with van der Waals surface area (Å²) in [5, 5.41) is 18.2. The van der Waals surface area contributed by atoms with Crippen molar-refractivity contribution in [2.45, 2.75) is 26.4 Å². The summed E-state index contributed by atoms with van der Waals surface area (Å²) in [6.45, 7) is 3.31. The summed E-state index contributed by atoms with van der Waals surface area (Å²) in [7, 11) is 0. The van der Waals surface area contributed by atoms with Crippen LogP contribution in [0, 0.1) is 5.92 Å². The van der Waals surface area contributed by atoms with Gasteiger partial charge in [-0.3, -0.25) is 4.79 Å². The number of rotatable bonds is 6. The number of aliphatic hydroxyl groups excluding tert-OH is 1. The van der Waals surface area contributed by atoms with Crippen LogP contribution in [0.3, 0.4) is 0 Å². The fraction of sp³-hybridized carbons (Fsp3) is 0.500. The number of hydrogen-bond donors (Lipinski definition) is 2. The van der Waals surface area contributed by atoms with E-state index in [-0.39, 0.29) is 18.8 Å². The van der Waals surface area contributed by atoms with E-state index in [1.54, 1.807) is 6.92 Å². The second kappa shape index (κ2) is 6.20. The van der Waals surface area contributed by atoms with Crippen molar-refractivity contribution in [1.29, 1.82) is 0 Å². The van der Waals surface area contributed by atoms with E-state index in [2.05, 4.69) is 0 Å². The topological polar surface area (TPSA) is 97.0 Å². The van der Waals surface area contributed by atoms with Crippen LogP contribution in [0.25, 0.3) is 0 Å². The number of carbonyl (C=O) groups is 2. The standard InChI is InChI=1S/C12H16O6/c1-3-17-12(16)10-5-4-8(18-10)6-9(7(2)13)11(14)15/h4-5,7,9,13H,3,6H2,1-2H3,(H,14,15). The lowest BCUT2D eigenvalue weighted by Crippen LogP contribution is -2.27. The molecule has 1 rings (SSSR count). The van der Waals surface area contributed by atoms with Gasteiger partial charge in [0.25, 0.3) is 0 Å². The SMILES string of the molecule is CCOC(=O)c1ccc(CC(C(=O)O)C(C)O)o1. The summed E-state index contributed by atoms with van der Waals surface area (Å²) < 4.78 is 9.92. The van der Waals surface area contributed by atoms with Crippen LogP contribution < -0.4 is 0 Å². The molecule has 2 N–H and O–H groups in total. The predicted molar refractivity (Wildman–Crippen MR) is 61.2 cm³/mol. The highest BCUT2D eigenvalue weighted by atomic mass is 16.5. The van der Waals surface area contributed by atoms with Gasteiger partial charge in [0, 0.05) is 6.42 Å². The number of hydrogen-bond acceptors (Lipinski definition) is 5. The van der Waals surface area contributed by atoms with Crippen molar-refractivity contribution in [3.63, 3.8) is 0 Å². The van der Waals surface area contributed by atoms with Crippen molar-refractivity contribution < 1.29 is 29.0 Å². The molecule has 100 valence electrons. The van der Waals surface area contributed by atoms with E-state index < -0.39 is 24.0 Å². The molecule has 6 nitrogen and oxygen atoms in total. The maximum absolute atomic E-state index is 11.3. The molecule has 0 aliphatic rings. The van der Waals surface area contributed by atoms with E-state index in [1.165, 1.54) is 19.1 Å². The molecule has 1 heterocycles. The van der Waals surface area contributed by atoms with Crippen LogP contribution >= 0.6 is 0 Å². The largest absolute Gasteiger partial charge is 0.481 e. The third kappa shape index (κ3) is 3.59. The van der Waals surface area contributed by atoms with Crippen LogP contribution in [0.4, 0.5) is 0 Å². The molecule has 1 aromatic heterocycles. The smallest absolute Gasteiger partial charge is 0.374 e. The number of aliphatic carboxylic acids is 1. The maximum atomic E-state index is 11.3. The minimum atomic E-state index is -1.11. The Morgan fingerprint density at radius 2 is 2.11 bits per heavy atom. The Morgan fingerprint density at radius 1 is 1.44 bits per heavy atom. The lowest BCUT2D eigenvalue weighted by Gasteiger charge is -2.13. The molecule has 18 heavy (non-hydrogen) atoms. The second-order valence-corrected chi connectivity index (χ2v) is 3.88. The minimum absolute atomic E-state index is 0.0202. The minimum Gasteiger partial charge on any atom is -0.481 e. The molecule has 6 heteroatoms. The van der Waals surface area contributed by atoms with Gasteiger partial charge in [0.05, 0.1) is 18.6 Å². The van der Waals surface area contributed by atoms with Crippen molar-refractivity contribution in [1.82, 2.24) is 0 Å². The predicted octanol–water partition coefficient (Wildman–Crippen LogP) is 1.08. The van der Waals surface area contributed by atoms with Gasteiger partial charge in [-0.25, -0.2) is 4.79 Å². The number of carbonyl (C=O) groups excluding carboxylic acids is 1. The van der Waals surface area contributed by atoms with Gasteiger partial charge in [0.1, 0.15) is 5.76 Å². The zero-order valence-electron chi connectivity index (χ0n) is 10.3. The molecule has 0 fully saturated rings. The van der Waals surface area contributed by atoms with Gasteiger partial charge in [-0.15, -0.1) is 0 Å². The Kier molecular flexibility index (Phi) is 4.91. The van der Waals surface area contributed by atoms with Gasteiger partial charge >= 0.3 is 11.9 Å². The van der Waals surface area contributed by atoms with E-state index in [9.17, 15) is 14.7 Å². The number of esters is 1. The first kappa shape index (κ1) is 14.2. The highest BCUT2D eigenvalue weighted by molar-refractivity contribution is 5.86. The summed E-state index contributed by atoms with van der Waals surface area (Å²) in [6.07, 6.45) is -0.981. The van der Waals surface area contributed by atoms with E-state index >= 15 is 0 Å². The third-order valence-electron chi connectivity index (χ3n) is 2.46. The van der Waals surface area contributed by atoms with Crippen molar-refractivity contribution >= 4 is 11.9 Å². The van der Waals surface area contributed by atoms with Gasteiger partial charge in [-0.05, 0) is 26.0 Å². The highest BCUT2D eigenvalue weighted by Gasteiger charge is 2.25. The van der Waals surface area contributed by atoms with Crippen LogP contribution in [0.15, 0.2) is 16.5 Å². The highest BCUT2D eigenvalue weighted by Crippen LogP contribution is 2.16. The van der Waals surface area contributed by atoms with Gasteiger partial charge in [-0.1, -0.05) is 0 Å². The molecular formula is C12H16O6. The van der Waals surface area contributed by atoms with E-state index in [4.69, 9.17) is 14.3 Å². The summed E-state index contributed by atoms with van der Waals surface area (Å²) in [4.78, 5) is 22.2. The van der Waals surface area contributed by atoms with Gasteiger partial charge in [0.2, 0.25) is 5.76 Å². The van der Waals surface area contributed by atoms with Crippen molar-refractivity contribution in [3.8, 4) is 0 Å². The molecule has 0 amide bonds. The molecule has 0 spiro atoms. The number of furan rings is 1. The first-order valence-corrected chi connectivity index (χ1v) is 5.62. The lowest BCUT2D eigenvalue weighted by molar-refractivity contribution is -0.145. The molecule has 0 saturated carbocycles. The Morgan fingerprint density at radius 3 is 2.61 bits per heavy atom. The lowest BCUT2D eigenvalue weighted by atomic mass is 9.99. The normalized spacial score (nSPS) is 13.9. The molecule has 0 aliphatic carbocycles. The number of carboxylic acid groups (broad SMARTS) is 1. The van der Waals surface area contributed by atoms with Gasteiger partial charge < -0.3 is 19.4 Å². The molecule has 0 saturated heterocycles. The van der Waals surface area contributed by atoms with Crippen LogP contribution in [-0.4, -0.2) is 34.9 Å². The van der Waals surface area contributed by atoms with Gasteiger partial charge in [-0.2, -0.15) is 0 Å². The van der Waals surface area contributed by atoms with Crippen molar-refractivity contribution in [2.24, 2.45) is 5.92 Å². The molecule has 2 atom stereocenters. The van der Waals surface area contributed by atoms with Crippen LogP contribution in [0.5, 0.6) is 0 Å². The Balaban J connectivity index is 2.74. The average Bonchev–Trinajstić information content (AvgIpc) is 2.73. The molecule has 0 aromatic carbocycles. The number of carboxylic acids is 1. The zero-order valence-corrected chi connectivity index (χ0v) is 10.3. The Hall–Kier alpha value is -1.82. The molecule has 0 aliphatic heterocycles. The second-order valence-electron chi connectivity index (χ2n) is 3.88. The zero-order chi connectivity index (χ0) is 13.7. The molecule has 0 bridgehead atoms. The first-order valence-electron chi connectivity index (χ1n) is 5.62. The Bertz CT molecular complexity index is 420. The van der Waals surface area contributed by atoms with E-state index in [0.717, 1.165) is 0 Å². The van der Waals surface area contributed by atoms with Crippen molar-refractivity contribution in [3.05, 3.63) is 23.7 Å². The number of aliphatic hydroxyl groups is 1. The van der Waals surface area contributed by atoms with Crippen LogP contribution in [0.2, 0.25) is 0 Å². The van der Waals surface area contributed by atoms with Crippen LogP contribution in [0.1, 0.15) is 30.2 Å². The third-order valence-corrected chi connectivity index (χ3v) is 2.46. The number of ether oxygens (including phenoxy) is 1. The van der Waals surface area contributed by atoms with Gasteiger partial charge in [0.15, 0.2) is 0 Å². The maximum Gasteiger partial charge on any atom is 0.374 e.